The predicted molar refractivity (Wildman–Crippen MR) is 78.9 cm³/mol. The fourth-order valence-electron chi connectivity index (χ4n) is 2.65. The highest BCUT2D eigenvalue weighted by Gasteiger charge is 2.25. The molecular weight excluding hydrogens is 238 g/mol. The maximum absolute atomic E-state index is 5.84. The molecule has 2 heterocycles. The molecule has 19 heavy (non-hydrogen) atoms. The lowest BCUT2D eigenvalue weighted by atomic mass is 10.0. The molecule has 4 heteroatoms. The summed E-state index contributed by atoms with van der Waals surface area (Å²) in [6.07, 6.45) is 6.66. The van der Waals surface area contributed by atoms with Gasteiger partial charge < -0.3 is 15.0 Å². The number of hydrogen-bond acceptors (Lipinski definition) is 4. The number of nitrogens with one attached hydrogen (secondary N) is 1. The van der Waals surface area contributed by atoms with Crippen LogP contribution in [0, 0.1) is 0 Å². The Labute approximate surface area is 116 Å². The predicted octanol–water partition coefficient (Wildman–Crippen LogP) is 2.45. The third kappa shape index (κ3) is 3.60. The van der Waals surface area contributed by atoms with Crippen molar-refractivity contribution < 1.29 is 4.74 Å². The fraction of sp³-hybridized carbons (Fsp3) is 0.667. The second kappa shape index (κ2) is 7.34. The molecule has 1 aliphatic rings. The molecule has 4 nitrogen and oxygen atoms in total. The summed E-state index contributed by atoms with van der Waals surface area (Å²) in [5.74, 6) is 1.93. The molecule has 1 aliphatic heterocycles. The Balaban J connectivity index is 2.17. The van der Waals surface area contributed by atoms with Gasteiger partial charge in [0.2, 0.25) is 0 Å². The van der Waals surface area contributed by atoms with Crippen molar-refractivity contribution in [1.29, 1.82) is 0 Å². The maximum atomic E-state index is 5.84. The molecule has 0 aliphatic carbocycles. The largest absolute Gasteiger partial charge is 0.490 e. The Morgan fingerprint density at radius 1 is 1.47 bits per heavy atom. The summed E-state index contributed by atoms with van der Waals surface area (Å²) in [7, 11) is 2.01. The van der Waals surface area contributed by atoms with Gasteiger partial charge in [0.15, 0.2) is 11.6 Å². The molecule has 1 fully saturated rings. The van der Waals surface area contributed by atoms with Crippen LogP contribution in [0.1, 0.15) is 32.6 Å². The number of anilines is 1. The van der Waals surface area contributed by atoms with E-state index in [0.29, 0.717) is 6.04 Å². The first-order valence-electron chi connectivity index (χ1n) is 7.36. The number of ether oxygens (including phenoxy) is 1. The summed E-state index contributed by atoms with van der Waals surface area (Å²) in [5.41, 5.74) is 0. The van der Waals surface area contributed by atoms with E-state index < -0.39 is 0 Å². The van der Waals surface area contributed by atoms with E-state index in [4.69, 9.17) is 4.74 Å². The van der Waals surface area contributed by atoms with Crippen LogP contribution in [0.25, 0.3) is 0 Å². The fourth-order valence-corrected chi connectivity index (χ4v) is 2.65. The Morgan fingerprint density at radius 3 is 3.16 bits per heavy atom. The first kappa shape index (κ1) is 14.1. The number of nitrogens with zero attached hydrogens (tertiary/aromatic N) is 2. The van der Waals surface area contributed by atoms with Crippen LogP contribution in [0.3, 0.4) is 0 Å². The number of pyridine rings is 1. The molecule has 0 saturated carbocycles. The highest BCUT2D eigenvalue weighted by molar-refractivity contribution is 5.53. The van der Waals surface area contributed by atoms with Gasteiger partial charge in [-0.2, -0.15) is 0 Å². The molecule has 1 saturated heterocycles. The van der Waals surface area contributed by atoms with E-state index in [1.54, 1.807) is 0 Å². The Bertz CT molecular complexity index is 381. The number of piperidine rings is 1. The minimum absolute atomic E-state index is 0.526. The molecule has 0 bridgehead atoms. The Hall–Kier alpha value is -1.29. The summed E-state index contributed by atoms with van der Waals surface area (Å²) in [4.78, 5) is 6.97. The molecule has 0 radical (unpaired) electrons. The maximum Gasteiger partial charge on any atom is 0.171 e. The first-order chi connectivity index (χ1) is 9.36. The van der Waals surface area contributed by atoms with Gasteiger partial charge in [0.25, 0.3) is 0 Å². The van der Waals surface area contributed by atoms with Gasteiger partial charge in [-0.05, 0) is 44.9 Å². The normalized spacial score (nSPS) is 19.5. The molecule has 1 aromatic heterocycles. The SMILES string of the molecule is CCCOc1cccnc1N1CCCCC1CNC. The zero-order chi connectivity index (χ0) is 13.5. The second-order valence-electron chi connectivity index (χ2n) is 5.07. The third-order valence-electron chi connectivity index (χ3n) is 3.55. The zero-order valence-corrected chi connectivity index (χ0v) is 12.1. The molecular formula is C15H25N3O. The Morgan fingerprint density at radius 2 is 2.37 bits per heavy atom. The minimum atomic E-state index is 0.526. The van der Waals surface area contributed by atoms with Crippen LogP contribution in [0.15, 0.2) is 18.3 Å². The molecule has 0 aromatic carbocycles. The zero-order valence-electron chi connectivity index (χ0n) is 12.1. The van der Waals surface area contributed by atoms with Crippen molar-refractivity contribution in [3.8, 4) is 5.75 Å². The van der Waals surface area contributed by atoms with Crippen LogP contribution in [0.5, 0.6) is 5.75 Å². The summed E-state index contributed by atoms with van der Waals surface area (Å²) in [6.45, 7) is 4.96. The third-order valence-corrected chi connectivity index (χ3v) is 3.55. The van der Waals surface area contributed by atoms with E-state index in [1.165, 1.54) is 19.3 Å². The van der Waals surface area contributed by atoms with Gasteiger partial charge in [-0.15, -0.1) is 0 Å². The van der Waals surface area contributed by atoms with Crippen molar-refractivity contribution in [2.75, 3.05) is 31.6 Å². The first-order valence-corrected chi connectivity index (χ1v) is 7.36. The summed E-state index contributed by atoms with van der Waals surface area (Å²) in [5, 5.41) is 3.29. The highest BCUT2D eigenvalue weighted by Crippen LogP contribution is 2.30. The quantitative estimate of drug-likeness (QED) is 0.855. The van der Waals surface area contributed by atoms with Crippen molar-refractivity contribution >= 4 is 5.82 Å². The van der Waals surface area contributed by atoms with Gasteiger partial charge in [-0.3, -0.25) is 0 Å². The smallest absolute Gasteiger partial charge is 0.171 e. The van der Waals surface area contributed by atoms with Crippen LogP contribution >= 0.6 is 0 Å². The van der Waals surface area contributed by atoms with Crippen molar-refractivity contribution in [2.45, 2.75) is 38.6 Å². The van der Waals surface area contributed by atoms with Gasteiger partial charge in [0.1, 0.15) is 0 Å². The van der Waals surface area contributed by atoms with E-state index in [0.717, 1.165) is 37.7 Å². The summed E-state index contributed by atoms with van der Waals surface area (Å²) < 4.78 is 5.84. The molecule has 0 spiro atoms. The van der Waals surface area contributed by atoms with Crippen LogP contribution in [-0.2, 0) is 0 Å². The molecule has 1 N–H and O–H groups in total. The van der Waals surface area contributed by atoms with E-state index >= 15 is 0 Å². The number of rotatable bonds is 6. The average Bonchev–Trinajstić information content (AvgIpc) is 2.46. The number of likely N-dealkylation sites (N-methyl/N-ethyl adjacent to an activating group) is 1. The van der Waals surface area contributed by atoms with Gasteiger partial charge in [0.05, 0.1) is 6.61 Å². The van der Waals surface area contributed by atoms with Gasteiger partial charge in [0, 0.05) is 25.3 Å². The Kier molecular flexibility index (Phi) is 5.45. The lowest BCUT2D eigenvalue weighted by molar-refractivity contribution is 0.314. The lowest BCUT2D eigenvalue weighted by Gasteiger charge is -2.37. The highest BCUT2D eigenvalue weighted by atomic mass is 16.5. The molecule has 106 valence electrons. The standard InChI is InChI=1S/C15H25N3O/c1-3-11-19-14-8-6-9-17-15(14)18-10-5-4-7-13(18)12-16-2/h6,8-9,13,16H,3-5,7,10-12H2,1-2H3. The van der Waals surface area contributed by atoms with Gasteiger partial charge in [-0.25, -0.2) is 4.98 Å². The van der Waals surface area contributed by atoms with E-state index in [9.17, 15) is 0 Å². The van der Waals surface area contributed by atoms with Crippen LogP contribution in [0.4, 0.5) is 5.82 Å². The summed E-state index contributed by atoms with van der Waals surface area (Å²) in [6, 6.07) is 4.51. The lowest BCUT2D eigenvalue weighted by Crippen LogP contribution is -2.45. The molecule has 1 unspecified atom stereocenters. The molecule has 2 rings (SSSR count). The van der Waals surface area contributed by atoms with E-state index in [-0.39, 0.29) is 0 Å². The van der Waals surface area contributed by atoms with E-state index in [2.05, 4.69) is 22.1 Å². The molecule has 1 aromatic rings. The number of aromatic nitrogens is 1. The van der Waals surface area contributed by atoms with E-state index in [1.807, 2.05) is 25.4 Å². The molecule has 1 atom stereocenters. The monoisotopic (exact) mass is 263 g/mol. The van der Waals surface area contributed by atoms with Crippen molar-refractivity contribution in [1.82, 2.24) is 10.3 Å². The summed E-state index contributed by atoms with van der Waals surface area (Å²) >= 11 is 0. The number of hydrogen-bond donors (Lipinski definition) is 1. The van der Waals surface area contributed by atoms with Gasteiger partial charge >= 0.3 is 0 Å². The minimum Gasteiger partial charge on any atom is -0.490 e. The average molecular weight is 263 g/mol. The van der Waals surface area contributed by atoms with Gasteiger partial charge in [-0.1, -0.05) is 6.92 Å². The van der Waals surface area contributed by atoms with Crippen LogP contribution < -0.4 is 15.0 Å². The van der Waals surface area contributed by atoms with Crippen molar-refractivity contribution in [2.24, 2.45) is 0 Å². The topological polar surface area (TPSA) is 37.4 Å². The van der Waals surface area contributed by atoms with Crippen LogP contribution in [0.2, 0.25) is 0 Å². The molecule has 0 amide bonds. The second-order valence-corrected chi connectivity index (χ2v) is 5.07. The van der Waals surface area contributed by atoms with Crippen molar-refractivity contribution in [3.05, 3.63) is 18.3 Å². The van der Waals surface area contributed by atoms with Crippen molar-refractivity contribution in [3.63, 3.8) is 0 Å². The van der Waals surface area contributed by atoms with Crippen LogP contribution in [-0.4, -0.2) is 37.8 Å².